The average molecular weight is 267 g/mol. The molecule has 96 valence electrons. The van der Waals surface area contributed by atoms with Gasteiger partial charge in [-0.05, 0) is 18.6 Å². The van der Waals surface area contributed by atoms with E-state index in [9.17, 15) is 4.79 Å². The van der Waals surface area contributed by atoms with E-state index in [1.807, 2.05) is 6.92 Å². The highest BCUT2D eigenvalue weighted by molar-refractivity contribution is 7.99. The fraction of sp³-hybridized carbons (Fsp3) is 0.333. The van der Waals surface area contributed by atoms with Crippen LogP contribution in [0.2, 0.25) is 0 Å². The van der Waals surface area contributed by atoms with Crippen LogP contribution in [-0.4, -0.2) is 21.5 Å². The zero-order valence-electron chi connectivity index (χ0n) is 9.83. The minimum Gasteiger partial charge on any atom is -0.480 e. The summed E-state index contributed by atoms with van der Waals surface area (Å²) in [5.41, 5.74) is 0.714. The van der Waals surface area contributed by atoms with E-state index < -0.39 is 11.2 Å². The van der Waals surface area contributed by atoms with Crippen molar-refractivity contribution in [3.63, 3.8) is 0 Å². The van der Waals surface area contributed by atoms with E-state index in [0.717, 1.165) is 0 Å². The van der Waals surface area contributed by atoms with Crippen molar-refractivity contribution < 1.29 is 18.8 Å². The molecule has 5 nitrogen and oxygen atoms in total. The van der Waals surface area contributed by atoms with Gasteiger partial charge in [-0.15, -0.1) is 11.8 Å². The van der Waals surface area contributed by atoms with Crippen molar-refractivity contribution in [2.75, 3.05) is 0 Å². The second-order valence-electron chi connectivity index (χ2n) is 3.71. The lowest BCUT2D eigenvalue weighted by atomic mass is 10.3. The molecule has 0 aliphatic carbocycles. The number of hydrogen-bond donors (Lipinski definition) is 1. The summed E-state index contributed by atoms with van der Waals surface area (Å²) in [5.74, 6) is 0.884. The first-order chi connectivity index (χ1) is 8.70. The number of nitrogens with zero attached hydrogens (tertiary/aromatic N) is 1. The largest absolute Gasteiger partial charge is 0.480 e. The predicted octanol–water partition coefficient (Wildman–Crippen LogP) is 3.03. The van der Waals surface area contributed by atoms with Gasteiger partial charge in [0.05, 0.1) is 12.0 Å². The van der Waals surface area contributed by atoms with Crippen LogP contribution in [0.15, 0.2) is 33.4 Å². The van der Waals surface area contributed by atoms with Gasteiger partial charge in [0.15, 0.2) is 5.76 Å². The molecule has 0 saturated heterocycles. The fourth-order valence-electron chi connectivity index (χ4n) is 1.46. The van der Waals surface area contributed by atoms with E-state index in [1.54, 1.807) is 24.5 Å². The Morgan fingerprint density at radius 2 is 2.39 bits per heavy atom. The first-order valence-electron chi connectivity index (χ1n) is 5.54. The second kappa shape index (κ2) is 5.77. The Kier molecular flexibility index (Phi) is 4.09. The minimum absolute atomic E-state index is 0.409. The minimum atomic E-state index is -0.794. The maximum Gasteiger partial charge on any atom is 0.316 e. The van der Waals surface area contributed by atoms with Gasteiger partial charge in [-0.1, -0.05) is 12.1 Å². The lowest BCUT2D eigenvalue weighted by Crippen LogP contribution is -2.15. The van der Waals surface area contributed by atoms with Gasteiger partial charge in [0.25, 0.3) is 0 Å². The molecule has 2 aromatic rings. The van der Waals surface area contributed by atoms with Gasteiger partial charge in [-0.3, -0.25) is 4.79 Å². The van der Waals surface area contributed by atoms with Crippen LogP contribution in [0.3, 0.4) is 0 Å². The molecule has 6 heteroatoms. The third kappa shape index (κ3) is 2.95. The van der Waals surface area contributed by atoms with Gasteiger partial charge in [0, 0.05) is 11.8 Å². The predicted molar refractivity (Wildman–Crippen MR) is 67.2 cm³/mol. The summed E-state index contributed by atoms with van der Waals surface area (Å²) >= 11 is 1.34. The molecule has 0 amide bonds. The van der Waals surface area contributed by atoms with Gasteiger partial charge in [-0.25, -0.2) is 0 Å². The summed E-state index contributed by atoms with van der Waals surface area (Å²) < 4.78 is 10.3. The highest BCUT2D eigenvalue weighted by Crippen LogP contribution is 2.24. The van der Waals surface area contributed by atoms with Crippen molar-refractivity contribution in [2.24, 2.45) is 0 Å². The fourth-order valence-corrected chi connectivity index (χ4v) is 2.35. The number of carboxylic acids is 1. The van der Waals surface area contributed by atoms with Gasteiger partial charge >= 0.3 is 5.97 Å². The molecule has 2 aromatic heterocycles. The van der Waals surface area contributed by atoms with E-state index in [1.165, 1.54) is 11.8 Å². The first kappa shape index (κ1) is 12.8. The Morgan fingerprint density at radius 3 is 3.00 bits per heavy atom. The summed E-state index contributed by atoms with van der Waals surface area (Å²) in [6, 6.07) is 5.31. The number of rotatable bonds is 6. The Balaban J connectivity index is 1.97. The Hall–Kier alpha value is -1.69. The van der Waals surface area contributed by atoms with E-state index in [4.69, 9.17) is 14.0 Å². The topological polar surface area (TPSA) is 76.5 Å². The molecule has 0 spiro atoms. The number of hydrogen-bond acceptors (Lipinski definition) is 5. The third-order valence-electron chi connectivity index (χ3n) is 2.40. The molecule has 2 rings (SSSR count). The lowest BCUT2D eigenvalue weighted by molar-refractivity contribution is -0.136. The van der Waals surface area contributed by atoms with Crippen molar-refractivity contribution >= 4 is 17.7 Å². The molecule has 0 saturated carbocycles. The van der Waals surface area contributed by atoms with E-state index in [0.29, 0.717) is 29.4 Å². The second-order valence-corrected chi connectivity index (χ2v) is 4.90. The van der Waals surface area contributed by atoms with Gasteiger partial charge < -0.3 is 14.0 Å². The molecule has 1 unspecified atom stereocenters. The molecule has 0 bridgehead atoms. The monoisotopic (exact) mass is 267 g/mol. The van der Waals surface area contributed by atoms with Crippen LogP contribution in [-0.2, 0) is 10.5 Å². The molecule has 18 heavy (non-hydrogen) atoms. The zero-order valence-corrected chi connectivity index (χ0v) is 10.6. The molecule has 0 fully saturated rings. The maximum absolute atomic E-state index is 10.9. The van der Waals surface area contributed by atoms with E-state index in [2.05, 4.69) is 5.16 Å². The standard InChI is InChI=1S/C12H13NO4S/c1-2-11(12(14)15)18-7-8-6-10(17-13-8)9-4-3-5-16-9/h3-6,11H,2,7H2,1H3,(H,14,15). The van der Waals surface area contributed by atoms with Crippen molar-refractivity contribution in [3.05, 3.63) is 30.2 Å². The number of thioether (sulfide) groups is 1. The van der Waals surface area contributed by atoms with E-state index >= 15 is 0 Å². The molecule has 0 aromatic carbocycles. The highest BCUT2D eigenvalue weighted by Gasteiger charge is 2.17. The van der Waals surface area contributed by atoms with Gasteiger partial charge in [-0.2, -0.15) is 0 Å². The van der Waals surface area contributed by atoms with Gasteiger partial charge in [0.2, 0.25) is 5.76 Å². The molecular formula is C12H13NO4S. The van der Waals surface area contributed by atoms with Gasteiger partial charge in [0.1, 0.15) is 5.25 Å². The summed E-state index contributed by atoms with van der Waals surface area (Å²) in [6.07, 6.45) is 2.15. The zero-order chi connectivity index (χ0) is 13.0. The average Bonchev–Trinajstić information content (AvgIpc) is 2.99. The number of carboxylic acid groups (broad SMARTS) is 1. The Bertz CT molecular complexity index is 506. The summed E-state index contributed by atoms with van der Waals surface area (Å²) in [7, 11) is 0. The quantitative estimate of drug-likeness (QED) is 0.866. The van der Waals surface area contributed by atoms with Crippen LogP contribution in [0.25, 0.3) is 11.5 Å². The van der Waals surface area contributed by atoms with Crippen molar-refractivity contribution in [1.82, 2.24) is 5.16 Å². The summed E-state index contributed by atoms with van der Waals surface area (Å²) in [6.45, 7) is 1.85. The Morgan fingerprint density at radius 1 is 1.56 bits per heavy atom. The van der Waals surface area contributed by atoms with Crippen LogP contribution in [0, 0.1) is 0 Å². The number of carbonyl (C=O) groups is 1. The lowest BCUT2D eigenvalue weighted by Gasteiger charge is -2.06. The maximum atomic E-state index is 10.9. The molecule has 0 aliphatic heterocycles. The van der Waals surface area contributed by atoms with Crippen molar-refractivity contribution in [1.29, 1.82) is 0 Å². The first-order valence-corrected chi connectivity index (χ1v) is 6.59. The molecule has 1 N–H and O–H groups in total. The Labute approximate surface area is 108 Å². The van der Waals surface area contributed by atoms with Crippen LogP contribution in [0.4, 0.5) is 0 Å². The number of furan rings is 1. The van der Waals surface area contributed by atoms with Crippen LogP contribution >= 0.6 is 11.8 Å². The third-order valence-corrected chi connectivity index (χ3v) is 3.80. The molecular weight excluding hydrogens is 254 g/mol. The molecule has 0 radical (unpaired) electrons. The van der Waals surface area contributed by atoms with Crippen molar-refractivity contribution in [2.45, 2.75) is 24.3 Å². The molecule has 0 aliphatic rings. The number of aliphatic carboxylic acids is 1. The number of aromatic nitrogens is 1. The summed E-state index contributed by atoms with van der Waals surface area (Å²) in [5, 5.41) is 12.4. The SMILES string of the molecule is CCC(SCc1cc(-c2ccco2)on1)C(=O)O. The smallest absolute Gasteiger partial charge is 0.316 e. The normalized spacial score (nSPS) is 12.5. The van der Waals surface area contributed by atoms with Crippen molar-refractivity contribution in [3.8, 4) is 11.5 Å². The summed E-state index contributed by atoms with van der Waals surface area (Å²) in [4.78, 5) is 10.9. The highest BCUT2D eigenvalue weighted by atomic mass is 32.2. The molecule has 2 heterocycles. The van der Waals surface area contributed by atoms with E-state index in [-0.39, 0.29) is 0 Å². The van der Waals surface area contributed by atoms with Crippen LogP contribution < -0.4 is 0 Å². The van der Waals surface area contributed by atoms with Crippen LogP contribution in [0.5, 0.6) is 0 Å². The van der Waals surface area contributed by atoms with Crippen LogP contribution in [0.1, 0.15) is 19.0 Å². The molecule has 1 atom stereocenters.